The fourth-order valence-corrected chi connectivity index (χ4v) is 12.3. The second-order valence-electron chi connectivity index (χ2n) is 19.2. The van der Waals surface area contributed by atoms with Gasteiger partial charge in [-0.3, -0.25) is 4.98 Å². The first-order chi connectivity index (χ1) is 33.7. The van der Waals surface area contributed by atoms with Crippen LogP contribution >= 0.6 is 0 Å². The van der Waals surface area contributed by atoms with E-state index in [4.69, 9.17) is 14.9 Å². The van der Waals surface area contributed by atoms with Crippen molar-refractivity contribution < 1.29 is 34.4 Å². The van der Waals surface area contributed by atoms with E-state index in [0.29, 0.717) is 0 Å². The number of imidazole rings is 1. The van der Waals surface area contributed by atoms with Crippen molar-refractivity contribution in [3.63, 3.8) is 0 Å². The van der Waals surface area contributed by atoms with E-state index < -0.39 is 26.0 Å². The van der Waals surface area contributed by atoms with E-state index >= 15 is 0 Å². The zero-order valence-corrected chi connectivity index (χ0v) is 44.5. The molecular formula is C61H58FGeIrN3O-2. The summed E-state index contributed by atoms with van der Waals surface area (Å²) in [4.78, 5) is 9.84. The Morgan fingerprint density at radius 1 is 0.691 bits per heavy atom. The number of fused-ring (bicyclic) bond motifs is 4. The Morgan fingerprint density at radius 3 is 2.01 bits per heavy atom. The molecule has 3 heterocycles. The third-order valence-electron chi connectivity index (χ3n) is 12.5. The molecule has 0 aliphatic heterocycles. The third-order valence-corrected chi connectivity index (χ3v) is 16.7. The molecule has 0 aliphatic carbocycles. The fraction of sp³-hybridized carbons (Fsp3) is 0.213. The summed E-state index contributed by atoms with van der Waals surface area (Å²) >= 11 is -2.14. The van der Waals surface area contributed by atoms with E-state index in [1.165, 1.54) is 50.5 Å². The summed E-state index contributed by atoms with van der Waals surface area (Å²) < 4.78 is 54.7. The van der Waals surface area contributed by atoms with Gasteiger partial charge in [0, 0.05) is 31.2 Å². The van der Waals surface area contributed by atoms with E-state index in [1.807, 2.05) is 44.3 Å². The predicted molar refractivity (Wildman–Crippen MR) is 282 cm³/mol. The molecule has 0 amide bonds. The molecule has 0 spiro atoms. The van der Waals surface area contributed by atoms with Crippen LogP contribution in [-0.4, -0.2) is 27.8 Å². The number of aryl methyl sites for hydroxylation is 1. The quantitative estimate of drug-likeness (QED) is 0.107. The number of halogens is 1. The Bertz CT molecular complexity index is 3520. The Morgan fingerprint density at radius 2 is 1.37 bits per heavy atom. The van der Waals surface area contributed by atoms with Crippen LogP contribution in [0.25, 0.3) is 83.6 Å². The van der Waals surface area contributed by atoms with Crippen LogP contribution in [0.5, 0.6) is 0 Å². The van der Waals surface area contributed by atoms with Gasteiger partial charge in [0.25, 0.3) is 0 Å². The van der Waals surface area contributed by atoms with Crippen molar-refractivity contribution >= 4 is 50.6 Å². The molecule has 0 N–H and O–H groups in total. The second-order valence-corrected chi connectivity index (χ2v) is 29.8. The number of rotatable bonds is 9. The molecule has 0 fully saturated rings. The predicted octanol–water partition coefficient (Wildman–Crippen LogP) is 16.6. The summed E-state index contributed by atoms with van der Waals surface area (Å²) in [6.45, 7) is 10.7. The summed E-state index contributed by atoms with van der Waals surface area (Å²) in [6.07, 6.45) is 1.91. The van der Waals surface area contributed by atoms with Gasteiger partial charge >= 0.3 is 131 Å². The van der Waals surface area contributed by atoms with Gasteiger partial charge in [-0.15, -0.1) is 18.2 Å². The number of pyridine rings is 1. The van der Waals surface area contributed by atoms with Crippen molar-refractivity contribution in [2.24, 2.45) is 0 Å². The van der Waals surface area contributed by atoms with E-state index in [9.17, 15) is 4.39 Å². The minimum Gasteiger partial charge on any atom is 0 e. The van der Waals surface area contributed by atoms with Crippen LogP contribution < -0.4 is 4.40 Å². The number of benzene rings is 7. The Labute approximate surface area is 423 Å². The first-order valence-electron chi connectivity index (χ1n) is 25.1. The molecule has 3 aromatic heterocycles. The van der Waals surface area contributed by atoms with Crippen LogP contribution in [0.3, 0.4) is 0 Å². The SMILES string of the molecule is CC(C)c1cc(-c2ccccc2)cc(C(C)C)c1-n1c(-c2[c-]ccc3c2oc2cc(-c4ccc(F)cc4)ccc23)nc2ccccc21.[2H]C([2H])([2H])c1c[c-]c(-c2cc(C([2H])(C)C)[c]([Ge]([CH3])([CH3])[CH3])cn2)cc1.[Ir]. The molecule has 68 heavy (non-hydrogen) atoms. The van der Waals surface area contributed by atoms with E-state index in [0.717, 1.165) is 72.3 Å². The third kappa shape index (κ3) is 9.69. The molecule has 0 bridgehead atoms. The molecule has 1 radical (unpaired) electrons. The van der Waals surface area contributed by atoms with Crippen molar-refractivity contribution in [2.75, 3.05) is 0 Å². The standard InChI is InChI=1S/C43H34FN2O.C18H24GeN.Ir/c1-26(2)36-23-31(28-11-6-5-7-12-28)24-37(27(3)4)41(36)46-39-16-9-8-15-38(39)45-43(46)35-14-10-13-34-33-22-19-30(25-40(33)47-42(34)35)29-17-20-32(44)21-18-29;1-13(2)16-11-18(15-9-7-14(3)8-10-15)20-12-17(16)19(4,5)6;/h5-13,15-27H,1-4H3;7-9,11-13H,1-6H3;/q2*-1;/i;3D3,13D;. The number of hydrogen-bond acceptors (Lipinski definition) is 3. The maximum Gasteiger partial charge on any atom is 0 e. The van der Waals surface area contributed by atoms with Crippen molar-refractivity contribution in [3.05, 3.63) is 192 Å². The number of furan rings is 1. The first-order valence-corrected chi connectivity index (χ1v) is 30.4. The Hall–Kier alpha value is -5.92. The maximum atomic E-state index is 13.6. The second kappa shape index (κ2) is 20.0. The van der Waals surface area contributed by atoms with Gasteiger partial charge in [-0.1, -0.05) is 105 Å². The molecule has 0 saturated carbocycles. The van der Waals surface area contributed by atoms with Crippen molar-refractivity contribution in [1.82, 2.24) is 14.5 Å². The number of para-hydroxylation sites is 2. The summed E-state index contributed by atoms with van der Waals surface area (Å²) in [5, 5.41) is 2.02. The molecule has 0 atom stereocenters. The van der Waals surface area contributed by atoms with Gasteiger partial charge in [0.1, 0.15) is 11.4 Å². The molecule has 4 nitrogen and oxygen atoms in total. The van der Waals surface area contributed by atoms with Gasteiger partial charge in [0.2, 0.25) is 0 Å². The number of nitrogens with zero attached hydrogens (tertiary/aromatic N) is 3. The van der Waals surface area contributed by atoms with Crippen LogP contribution in [0.2, 0.25) is 17.3 Å². The average Bonchev–Trinajstić information content (AvgIpc) is 3.92. The van der Waals surface area contributed by atoms with Crippen LogP contribution in [0, 0.1) is 24.8 Å². The zero-order chi connectivity index (χ0) is 50.6. The van der Waals surface area contributed by atoms with Crippen LogP contribution in [0.4, 0.5) is 4.39 Å². The Balaban J connectivity index is 0.000000235. The summed E-state index contributed by atoms with van der Waals surface area (Å²) in [5.74, 6) is 7.25. The molecule has 0 saturated heterocycles. The molecule has 345 valence electrons. The van der Waals surface area contributed by atoms with Crippen LogP contribution in [0.1, 0.15) is 87.0 Å². The number of hydrogen-bond donors (Lipinski definition) is 0. The minimum absolute atomic E-state index is 0. The Kier molecular flexibility index (Phi) is 12.7. The first kappa shape index (κ1) is 43.4. The molecule has 7 heteroatoms. The van der Waals surface area contributed by atoms with Gasteiger partial charge in [-0.25, -0.2) is 4.39 Å². The topological polar surface area (TPSA) is 43.9 Å². The van der Waals surface area contributed by atoms with E-state index in [-0.39, 0.29) is 43.3 Å². The summed E-state index contributed by atoms with van der Waals surface area (Å²) in [7, 11) is 0. The fourth-order valence-electron chi connectivity index (χ4n) is 8.96. The van der Waals surface area contributed by atoms with Gasteiger partial charge in [-0.05, 0) is 87.7 Å². The van der Waals surface area contributed by atoms with Crippen molar-refractivity contribution in [3.8, 4) is 50.6 Å². The van der Waals surface area contributed by atoms with Crippen LogP contribution in [-0.2, 0) is 20.1 Å². The van der Waals surface area contributed by atoms with Crippen LogP contribution in [0.15, 0.2) is 156 Å². The van der Waals surface area contributed by atoms with E-state index in [2.05, 4.69) is 146 Å². The molecule has 0 unspecified atom stereocenters. The van der Waals surface area contributed by atoms with Gasteiger partial charge in [0.15, 0.2) is 0 Å². The van der Waals surface area contributed by atoms with Crippen molar-refractivity contribution in [2.45, 2.75) is 83.4 Å². The average molecular weight is 1140 g/mol. The molecule has 7 aromatic carbocycles. The zero-order valence-electron chi connectivity index (χ0n) is 44.0. The maximum absolute atomic E-state index is 13.6. The number of aromatic nitrogens is 3. The smallest absolute Gasteiger partial charge is 0 e. The van der Waals surface area contributed by atoms with Gasteiger partial charge < -0.3 is 8.98 Å². The summed E-state index contributed by atoms with van der Waals surface area (Å²) in [5.41, 5.74) is 15.1. The van der Waals surface area contributed by atoms with Gasteiger partial charge in [-0.2, -0.15) is 0 Å². The normalized spacial score (nSPS) is 12.9. The molecule has 10 rings (SSSR count). The minimum atomic E-state index is -2.14. The molecular weight excluding hydrogens is 1070 g/mol. The molecule has 10 aromatic rings. The van der Waals surface area contributed by atoms with E-state index in [1.54, 1.807) is 24.3 Å². The molecule has 0 aliphatic rings. The van der Waals surface area contributed by atoms with Gasteiger partial charge in [0.05, 0.1) is 22.4 Å². The monoisotopic (exact) mass is 1140 g/mol. The van der Waals surface area contributed by atoms with Crippen molar-refractivity contribution in [1.29, 1.82) is 0 Å². The largest absolute Gasteiger partial charge is 0 e. The summed E-state index contributed by atoms with van der Waals surface area (Å²) in [6, 6.07) is 53.8.